The van der Waals surface area contributed by atoms with Crippen molar-refractivity contribution >= 4 is 5.78 Å². The Hall–Kier alpha value is -0.790. The van der Waals surface area contributed by atoms with E-state index in [2.05, 4.69) is 18.7 Å². The number of hydrogen-bond donors (Lipinski definition) is 0. The minimum Gasteiger partial charge on any atom is -0.373 e. The molecule has 1 heterocycles. The minimum atomic E-state index is 0.306. The average molecular weight is 179 g/mol. The molecule has 2 heteroatoms. The Bertz CT molecular complexity index is 261. The molecule has 0 radical (unpaired) electrons. The number of carbonyl (C=O) groups excluding carboxylic acids is 1. The van der Waals surface area contributed by atoms with Crippen molar-refractivity contribution in [1.82, 2.24) is 4.90 Å². The zero-order chi connectivity index (χ0) is 9.47. The summed E-state index contributed by atoms with van der Waals surface area (Å²) in [5.74, 6) is 0.306. The van der Waals surface area contributed by atoms with Crippen molar-refractivity contribution in [3.8, 4) is 0 Å². The summed E-state index contributed by atoms with van der Waals surface area (Å²) >= 11 is 0. The number of carbonyl (C=O) groups is 1. The van der Waals surface area contributed by atoms with Gasteiger partial charge in [0.15, 0.2) is 5.78 Å². The Morgan fingerprint density at radius 1 is 1.46 bits per heavy atom. The Labute approximate surface area is 79.6 Å². The lowest BCUT2D eigenvalue weighted by atomic mass is 9.79. The van der Waals surface area contributed by atoms with Crippen LogP contribution >= 0.6 is 0 Å². The predicted octanol–water partition coefficient (Wildman–Crippen LogP) is 1.97. The third-order valence-electron chi connectivity index (χ3n) is 3.36. The van der Waals surface area contributed by atoms with E-state index in [4.69, 9.17) is 0 Å². The van der Waals surface area contributed by atoms with Crippen molar-refractivity contribution < 1.29 is 4.79 Å². The molecule has 0 spiro atoms. The molecule has 1 saturated heterocycles. The summed E-state index contributed by atoms with van der Waals surface area (Å²) in [6, 6.07) is 0. The lowest BCUT2D eigenvalue weighted by Crippen LogP contribution is -2.53. The van der Waals surface area contributed by atoms with E-state index in [1.165, 1.54) is 12.1 Å². The van der Waals surface area contributed by atoms with E-state index >= 15 is 0 Å². The van der Waals surface area contributed by atoms with Gasteiger partial charge in [0.25, 0.3) is 0 Å². The maximum atomic E-state index is 11.0. The van der Waals surface area contributed by atoms with Gasteiger partial charge in [0.05, 0.1) is 0 Å². The summed E-state index contributed by atoms with van der Waals surface area (Å²) in [6.45, 7) is 6.84. The second-order valence-electron chi connectivity index (χ2n) is 4.62. The Balaban J connectivity index is 1.94. The van der Waals surface area contributed by atoms with Crippen LogP contribution in [0.25, 0.3) is 0 Å². The van der Waals surface area contributed by atoms with Crippen LogP contribution < -0.4 is 0 Å². The summed E-state index contributed by atoms with van der Waals surface area (Å²) in [6.07, 6.45) is 4.77. The molecule has 1 fully saturated rings. The zero-order valence-corrected chi connectivity index (χ0v) is 8.47. The van der Waals surface area contributed by atoms with Crippen LogP contribution in [0.5, 0.6) is 0 Å². The van der Waals surface area contributed by atoms with Gasteiger partial charge < -0.3 is 4.90 Å². The van der Waals surface area contributed by atoms with Gasteiger partial charge in [0.2, 0.25) is 0 Å². The number of hydrogen-bond acceptors (Lipinski definition) is 2. The van der Waals surface area contributed by atoms with Crippen molar-refractivity contribution in [3.05, 3.63) is 11.8 Å². The molecule has 1 aliphatic carbocycles. The van der Waals surface area contributed by atoms with Crippen molar-refractivity contribution in [2.45, 2.75) is 33.1 Å². The Morgan fingerprint density at radius 3 is 2.62 bits per heavy atom. The normalized spacial score (nSPS) is 25.8. The third kappa shape index (κ3) is 1.50. The lowest BCUT2D eigenvalue weighted by Gasteiger charge is -2.49. The number of nitrogens with zero attached hydrogens (tertiary/aromatic N) is 1. The molecule has 2 aliphatic rings. The lowest BCUT2D eigenvalue weighted by molar-refractivity contribution is -0.114. The molecule has 0 saturated carbocycles. The van der Waals surface area contributed by atoms with Crippen LogP contribution in [-0.2, 0) is 4.79 Å². The zero-order valence-electron chi connectivity index (χ0n) is 8.47. The highest BCUT2D eigenvalue weighted by Crippen LogP contribution is 2.37. The van der Waals surface area contributed by atoms with E-state index in [9.17, 15) is 4.79 Å². The van der Waals surface area contributed by atoms with Crippen LogP contribution in [0.15, 0.2) is 11.8 Å². The fourth-order valence-corrected chi connectivity index (χ4v) is 2.13. The molecule has 72 valence electrons. The smallest absolute Gasteiger partial charge is 0.157 e. The summed E-state index contributed by atoms with van der Waals surface area (Å²) < 4.78 is 0. The standard InChI is InChI=1S/C11H17NO/c1-3-11(2)7-12(8-11)9-4-5-10(13)6-9/h6H,3-5,7-8H2,1-2H3. The van der Waals surface area contributed by atoms with Crippen LogP contribution in [-0.4, -0.2) is 23.8 Å². The van der Waals surface area contributed by atoms with E-state index in [0.29, 0.717) is 11.2 Å². The molecule has 13 heavy (non-hydrogen) atoms. The van der Waals surface area contributed by atoms with Gasteiger partial charge in [-0.3, -0.25) is 4.79 Å². The molecule has 0 amide bonds. The summed E-state index contributed by atoms with van der Waals surface area (Å²) in [5, 5.41) is 0. The SMILES string of the molecule is CCC1(C)CN(C2=CC(=O)CC2)C1. The fourth-order valence-electron chi connectivity index (χ4n) is 2.13. The fraction of sp³-hybridized carbons (Fsp3) is 0.727. The monoisotopic (exact) mass is 179 g/mol. The number of likely N-dealkylation sites (tertiary alicyclic amines) is 1. The number of allylic oxidation sites excluding steroid dienone is 2. The van der Waals surface area contributed by atoms with Crippen LogP contribution in [0.1, 0.15) is 33.1 Å². The van der Waals surface area contributed by atoms with Crippen molar-refractivity contribution in [1.29, 1.82) is 0 Å². The van der Waals surface area contributed by atoms with Crippen LogP contribution in [0.4, 0.5) is 0 Å². The van der Waals surface area contributed by atoms with E-state index in [1.807, 2.05) is 6.08 Å². The Morgan fingerprint density at radius 2 is 2.15 bits per heavy atom. The number of ketones is 1. The minimum absolute atomic E-state index is 0.306. The number of rotatable bonds is 2. The first kappa shape index (κ1) is 8.79. The molecule has 0 unspecified atom stereocenters. The molecule has 0 bridgehead atoms. The summed E-state index contributed by atoms with van der Waals surface area (Å²) in [5.41, 5.74) is 1.78. The van der Waals surface area contributed by atoms with Crippen molar-refractivity contribution in [2.75, 3.05) is 13.1 Å². The molecule has 2 nitrogen and oxygen atoms in total. The molecule has 0 aromatic heterocycles. The van der Waals surface area contributed by atoms with Gasteiger partial charge in [0, 0.05) is 36.7 Å². The molecular formula is C11H17NO. The van der Waals surface area contributed by atoms with Gasteiger partial charge >= 0.3 is 0 Å². The molecule has 2 rings (SSSR count). The molecule has 0 aromatic rings. The van der Waals surface area contributed by atoms with Gasteiger partial charge in [-0.05, 0) is 12.8 Å². The topological polar surface area (TPSA) is 20.3 Å². The quantitative estimate of drug-likeness (QED) is 0.646. The van der Waals surface area contributed by atoms with Crippen molar-refractivity contribution in [3.63, 3.8) is 0 Å². The van der Waals surface area contributed by atoms with Gasteiger partial charge in [-0.15, -0.1) is 0 Å². The van der Waals surface area contributed by atoms with Crippen LogP contribution in [0, 0.1) is 5.41 Å². The summed E-state index contributed by atoms with van der Waals surface area (Å²) in [4.78, 5) is 13.4. The van der Waals surface area contributed by atoms with E-state index in [1.54, 1.807) is 0 Å². The largest absolute Gasteiger partial charge is 0.373 e. The average Bonchev–Trinajstić information content (AvgIpc) is 2.46. The van der Waals surface area contributed by atoms with Gasteiger partial charge in [-0.25, -0.2) is 0 Å². The van der Waals surface area contributed by atoms with Gasteiger partial charge in [-0.2, -0.15) is 0 Å². The maximum Gasteiger partial charge on any atom is 0.157 e. The maximum absolute atomic E-state index is 11.0. The highest BCUT2D eigenvalue weighted by atomic mass is 16.1. The third-order valence-corrected chi connectivity index (χ3v) is 3.36. The Kier molecular flexibility index (Phi) is 1.94. The molecule has 1 aliphatic heterocycles. The molecule has 0 atom stereocenters. The second-order valence-corrected chi connectivity index (χ2v) is 4.62. The van der Waals surface area contributed by atoms with Gasteiger partial charge in [-0.1, -0.05) is 13.8 Å². The second kappa shape index (κ2) is 2.86. The van der Waals surface area contributed by atoms with E-state index < -0.39 is 0 Å². The predicted molar refractivity (Wildman–Crippen MR) is 52.3 cm³/mol. The first-order valence-electron chi connectivity index (χ1n) is 5.11. The highest BCUT2D eigenvalue weighted by Gasteiger charge is 2.38. The summed E-state index contributed by atoms with van der Waals surface area (Å²) in [7, 11) is 0. The molecular weight excluding hydrogens is 162 g/mol. The van der Waals surface area contributed by atoms with E-state index in [-0.39, 0.29) is 0 Å². The highest BCUT2D eigenvalue weighted by molar-refractivity contribution is 5.92. The van der Waals surface area contributed by atoms with Crippen molar-refractivity contribution in [2.24, 2.45) is 5.41 Å². The van der Waals surface area contributed by atoms with Crippen LogP contribution in [0.3, 0.4) is 0 Å². The van der Waals surface area contributed by atoms with E-state index in [0.717, 1.165) is 25.9 Å². The molecule has 0 aromatic carbocycles. The molecule has 0 N–H and O–H groups in total. The first-order chi connectivity index (χ1) is 6.13. The first-order valence-corrected chi connectivity index (χ1v) is 5.11. The van der Waals surface area contributed by atoms with Crippen LogP contribution in [0.2, 0.25) is 0 Å². The van der Waals surface area contributed by atoms with Gasteiger partial charge in [0.1, 0.15) is 0 Å².